The Balaban J connectivity index is 1.54. The van der Waals surface area contributed by atoms with Crippen LogP contribution in [0, 0.1) is 11.7 Å². The van der Waals surface area contributed by atoms with Crippen LogP contribution in [-0.4, -0.2) is 31.7 Å². The lowest BCUT2D eigenvalue weighted by atomic mass is 9.93. The number of nitrogens with zero attached hydrogens (tertiary/aromatic N) is 2. The van der Waals surface area contributed by atoms with E-state index in [2.05, 4.69) is 47.5 Å². The van der Waals surface area contributed by atoms with E-state index >= 15 is 0 Å². The summed E-state index contributed by atoms with van der Waals surface area (Å²) in [5, 5.41) is 7.76. The summed E-state index contributed by atoms with van der Waals surface area (Å²) in [6, 6.07) is 6.09. The third-order valence-electron chi connectivity index (χ3n) is 4.84. The minimum absolute atomic E-state index is 0.0609. The van der Waals surface area contributed by atoms with Crippen molar-refractivity contribution in [3.63, 3.8) is 0 Å². The number of benzene rings is 2. The van der Waals surface area contributed by atoms with Crippen molar-refractivity contribution in [2.75, 3.05) is 13.9 Å². The summed E-state index contributed by atoms with van der Waals surface area (Å²) in [6.07, 6.45) is 0.616. The van der Waals surface area contributed by atoms with Crippen LogP contribution in [0.15, 0.2) is 43.5 Å². The van der Waals surface area contributed by atoms with Crippen LogP contribution in [0.3, 0.4) is 0 Å². The molecular weight excluding hydrogens is 541 g/mol. The molecular formula is C20H16Br2FN3O5. The van der Waals surface area contributed by atoms with Crippen LogP contribution in [0.5, 0.6) is 17.2 Å². The van der Waals surface area contributed by atoms with Gasteiger partial charge in [0.1, 0.15) is 5.82 Å². The molecule has 0 aromatic heterocycles. The average Bonchev–Trinajstić information content (AvgIpc) is 3.38. The highest BCUT2D eigenvalue weighted by atomic mass is 79.9. The number of fused-ring (bicyclic) bond motifs is 1. The monoisotopic (exact) mass is 555 g/mol. The quantitative estimate of drug-likeness (QED) is 0.438. The van der Waals surface area contributed by atoms with Gasteiger partial charge in [-0.25, -0.2) is 9.82 Å². The first-order valence-corrected chi connectivity index (χ1v) is 10.7. The first-order chi connectivity index (χ1) is 14.9. The summed E-state index contributed by atoms with van der Waals surface area (Å²) in [4.78, 5) is 18.2. The van der Waals surface area contributed by atoms with Crippen LogP contribution < -0.4 is 19.6 Å². The molecule has 162 valence electrons. The molecule has 2 aliphatic heterocycles. The summed E-state index contributed by atoms with van der Waals surface area (Å²) >= 11 is 7.07. The Labute approximate surface area is 193 Å². The van der Waals surface area contributed by atoms with Gasteiger partial charge in [-0.1, -0.05) is 30.3 Å². The molecule has 0 aliphatic carbocycles. The van der Waals surface area contributed by atoms with Crippen molar-refractivity contribution >= 4 is 49.7 Å². The van der Waals surface area contributed by atoms with E-state index in [1.54, 1.807) is 25.1 Å². The van der Waals surface area contributed by atoms with Gasteiger partial charge in [-0.15, -0.1) is 0 Å². The standard InChI is InChI=1S/C20H16Br2FN3O5/c1-9-15(20(27)25-24-7-10-5-3-4-6-11(10)23)26-31-16(9)12-13(21)17(28-2)19-18(14(12)22)29-8-30-19/h3-7,9,16H,8H2,1-2H3,(H,25,27). The highest BCUT2D eigenvalue weighted by molar-refractivity contribution is 9.11. The third-order valence-corrected chi connectivity index (χ3v) is 6.41. The van der Waals surface area contributed by atoms with Gasteiger partial charge in [-0.2, -0.15) is 5.10 Å². The SMILES string of the molecule is COc1c(Br)c(C2ON=C(C(=O)NN=Cc3ccccc3F)C2C)c(Br)c2c1OCO2. The Kier molecular flexibility index (Phi) is 6.15. The number of hydrogen-bond donors (Lipinski definition) is 1. The molecule has 2 heterocycles. The molecule has 0 saturated heterocycles. The number of carbonyl (C=O) groups excluding carboxylic acids is 1. The topological polar surface area (TPSA) is 90.7 Å². The Morgan fingerprint density at radius 1 is 1.29 bits per heavy atom. The summed E-state index contributed by atoms with van der Waals surface area (Å²) in [6.45, 7) is 1.86. The first-order valence-electron chi connectivity index (χ1n) is 9.10. The van der Waals surface area contributed by atoms with E-state index in [9.17, 15) is 9.18 Å². The predicted octanol–water partition coefficient (Wildman–Crippen LogP) is 4.30. The van der Waals surface area contributed by atoms with Gasteiger partial charge >= 0.3 is 0 Å². The number of halogens is 3. The number of hydrogen-bond acceptors (Lipinski definition) is 7. The van der Waals surface area contributed by atoms with Crippen LogP contribution in [0.4, 0.5) is 4.39 Å². The normalized spacial score (nSPS) is 19.3. The molecule has 1 N–H and O–H groups in total. The van der Waals surface area contributed by atoms with Gasteiger partial charge in [0.15, 0.2) is 23.3 Å². The molecule has 4 rings (SSSR count). The second-order valence-electron chi connectivity index (χ2n) is 6.65. The lowest BCUT2D eigenvalue weighted by Crippen LogP contribution is -2.31. The molecule has 2 aliphatic rings. The van der Waals surface area contributed by atoms with E-state index in [4.69, 9.17) is 19.0 Å². The number of ether oxygens (including phenoxy) is 3. The maximum atomic E-state index is 13.7. The molecule has 2 aromatic carbocycles. The van der Waals surface area contributed by atoms with Crippen molar-refractivity contribution in [1.29, 1.82) is 0 Å². The minimum Gasteiger partial charge on any atom is -0.492 e. The summed E-state index contributed by atoms with van der Waals surface area (Å²) in [5.74, 6) is -0.0186. The van der Waals surface area contributed by atoms with Crippen molar-refractivity contribution in [3.05, 3.63) is 50.2 Å². The fourth-order valence-corrected chi connectivity index (χ4v) is 5.01. The van der Waals surface area contributed by atoms with Crippen LogP contribution in [0.2, 0.25) is 0 Å². The zero-order chi connectivity index (χ0) is 22.1. The molecule has 0 fully saturated rings. The van der Waals surface area contributed by atoms with Gasteiger partial charge in [0.05, 0.1) is 28.2 Å². The molecule has 31 heavy (non-hydrogen) atoms. The smallest absolute Gasteiger partial charge is 0.289 e. The number of carbonyl (C=O) groups is 1. The second kappa shape index (κ2) is 8.83. The van der Waals surface area contributed by atoms with Crippen LogP contribution in [0.25, 0.3) is 0 Å². The van der Waals surface area contributed by atoms with Crippen molar-refractivity contribution in [2.24, 2.45) is 16.2 Å². The van der Waals surface area contributed by atoms with E-state index in [0.717, 1.165) is 0 Å². The Hall–Kier alpha value is -2.66. The van der Waals surface area contributed by atoms with Gasteiger partial charge in [0, 0.05) is 11.1 Å². The average molecular weight is 557 g/mol. The van der Waals surface area contributed by atoms with Gasteiger partial charge in [-0.05, 0) is 37.9 Å². The minimum atomic E-state index is -0.608. The Morgan fingerprint density at radius 2 is 2.03 bits per heavy atom. The molecule has 8 nitrogen and oxygen atoms in total. The predicted molar refractivity (Wildman–Crippen MR) is 117 cm³/mol. The van der Waals surface area contributed by atoms with Crippen molar-refractivity contribution in [2.45, 2.75) is 13.0 Å². The molecule has 0 spiro atoms. The molecule has 2 aromatic rings. The van der Waals surface area contributed by atoms with E-state index in [-0.39, 0.29) is 18.1 Å². The fourth-order valence-electron chi connectivity index (χ4n) is 3.26. The number of rotatable bonds is 5. The van der Waals surface area contributed by atoms with Crippen molar-refractivity contribution in [1.82, 2.24) is 5.43 Å². The molecule has 0 saturated carbocycles. The third kappa shape index (κ3) is 3.87. The number of nitrogens with one attached hydrogen (secondary N) is 1. The van der Waals surface area contributed by atoms with Crippen LogP contribution in [0.1, 0.15) is 24.2 Å². The Morgan fingerprint density at radius 3 is 2.77 bits per heavy atom. The van der Waals surface area contributed by atoms with Crippen molar-refractivity contribution in [3.8, 4) is 17.2 Å². The van der Waals surface area contributed by atoms with Crippen LogP contribution in [-0.2, 0) is 9.63 Å². The van der Waals surface area contributed by atoms with E-state index < -0.39 is 23.7 Å². The summed E-state index contributed by atoms with van der Waals surface area (Å²) in [7, 11) is 1.52. The van der Waals surface area contributed by atoms with E-state index in [1.807, 2.05) is 0 Å². The van der Waals surface area contributed by atoms with Crippen molar-refractivity contribution < 1.29 is 28.2 Å². The first kappa shape index (κ1) is 21.6. The summed E-state index contributed by atoms with van der Waals surface area (Å²) in [5.41, 5.74) is 3.41. The van der Waals surface area contributed by atoms with E-state index in [1.165, 1.54) is 19.4 Å². The van der Waals surface area contributed by atoms with Gasteiger partial charge < -0.3 is 19.0 Å². The summed E-state index contributed by atoms with van der Waals surface area (Å²) < 4.78 is 31.4. The lowest BCUT2D eigenvalue weighted by molar-refractivity contribution is -0.115. The second-order valence-corrected chi connectivity index (χ2v) is 8.24. The molecule has 2 unspecified atom stereocenters. The zero-order valence-corrected chi connectivity index (χ0v) is 19.5. The molecule has 1 amide bonds. The zero-order valence-electron chi connectivity index (χ0n) is 16.3. The number of hydrazone groups is 1. The maximum Gasteiger partial charge on any atom is 0.289 e. The Bertz CT molecular complexity index is 1110. The molecule has 2 atom stereocenters. The van der Waals surface area contributed by atoms with Crippen LogP contribution >= 0.6 is 31.9 Å². The van der Waals surface area contributed by atoms with Gasteiger partial charge in [-0.3, -0.25) is 4.79 Å². The molecule has 0 bridgehead atoms. The largest absolute Gasteiger partial charge is 0.492 e. The van der Waals surface area contributed by atoms with E-state index in [0.29, 0.717) is 31.8 Å². The molecule has 11 heteroatoms. The highest BCUT2D eigenvalue weighted by Gasteiger charge is 2.41. The van der Waals surface area contributed by atoms with Gasteiger partial charge in [0.2, 0.25) is 12.5 Å². The maximum absolute atomic E-state index is 13.7. The van der Waals surface area contributed by atoms with Gasteiger partial charge in [0.25, 0.3) is 5.91 Å². The number of oxime groups is 1. The number of amides is 1. The lowest BCUT2D eigenvalue weighted by Gasteiger charge is -2.20. The fraction of sp³-hybridized carbons (Fsp3) is 0.250. The number of methoxy groups -OCH3 is 1. The highest BCUT2D eigenvalue weighted by Crippen LogP contribution is 2.55. The molecule has 0 radical (unpaired) electrons.